The molecule has 0 aliphatic heterocycles. The summed E-state index contributed by atoms with van der Waals surface area (Å²) in [7, 11) is 1.45. The lowest BCUT2D eigenvalue weighted by Gasteiger charge is -2.05. The van der Waals surface area contributed by atoms with Crippen LogP contribution in [0.4, 0.5) is 0 Å². The van der Waals surface area contributed by atoms with Gasteiger partial charge in [0.2, 0.25) is 0 Å². The Balaban J connectivity index is 2.34. The van der Waals surface area contributed by atoms with Crippen molar-refractivity contribution in [1.29, 1.82) is 0 Å². The fourth-order valence-electron chi connectivity index (χ4n) is 1.67. The molecule has 0 amide bonds. The van der Waals surface area contributed by atoms with E-state index in [1.807, 2.05) is 0 Å². The molecule has 1 N–H and O–H groups in total. The number of hydrogen-bond acceptors (Lipinski definition) is 4. The van der Waals surface area contributed by atoms with Crippen LogP contribution >= 0.6 is 0 Å². The second-order valence-electron chi connectivity index (χ2n) is 3.93. The molecule has 2 aromatic rings. The van der Waals surface area contributed by atoms with E-state index < -0.39 is 11.8 Å². The molecule has 0 saturated carbocycles. The lowest BCUT2D eigenvalue weighted by molar-refractivity contribution is 0.0693. The summed E-state index contributed by atoms with van der Waals surface area (Å²) in [6, 6.07) is 7.62. The molecule has 102 valence electrons. The van der Waals surface area contributed by atoms with Crippen LogP contribution in [0.1, 0.15) is 26.5 Å². The third-order valence-corrected chi connectivity index (χ3v) is 2.66. The van der Waals surface area contributed by atoms with E-state index >= 15 is 0 Å². The van der Waals surface area contributed by atoms with Crippen molar-refractivity contribution in [3.8, 4) is 5.75 Å². The quantitative estimate of drug-likeness (QED) is 0.669. The summed E-state index contributed by atoms with van der Waals surface area (Å²) in [5, 5.41) is 9.09. The number of carbonyl (C=O) groups is 2. The van der Waals surface area contributed by atoms with E-state index in [4.69, 9.17) is 14.3 Å². The first kappa shape index (κ1) is 13.6. The fraction of sp³-hybridized carbons (Fsp3) is 0.0667. The molecule has 0 aliphatic rings. The highest BCUT2D eigenvalue weighted by Crippen LogP contribution is 2.19. The molecule has 2 rings (SSSR count). The zero-order valence-electron chi connectivity index (χ0n) is 10.7. The molecule has 0 fully saturated rings. The van der Waals surface area contributed by atoms with Crippen molar-refractivity contribution < 1.29 is 23.8 Å². The maximum absolute atomic E-state index is 12.1. The molecule has 1 aromatic carbocycles. The van der Waals surface area contributed by atoms with Gasteiger partial charge in [-0.2, -0.15) is 0 Å². The Morgan fingerprint density at radius 3 is 2.65 bits per heavy atom. The Labute approximate surface area is 115 Å². The van der Waals surface area contributed by atoms with Gasteiger partial charge in [0.25, 0.3) is 0 Å². The average Bonchev–Trinajstić information content (AvgIpc) is 2.97. The number of rotatable bonds is 5. The van der Waals surface area contributed by atoms with Crippen molar-refractivity contribution in [3.63, 3.8) is 0 Å². The summed E-state index contributed by atoms with van der Waals surface area (Å²) in [6.45, 7) is 0. The van der Waals surface area contributed by atoms with Gasteiger partial charge in [-0.05, 0) is 42.5 Å². The van der Waals surface area contributed by atoms with Crippen LogP contribution in [0, 0.1) is 0 Å². The molecule has 5 heteroatoms. The zero-order chi connectivity index (χ0) is 14.5. The van der Waals surface area contributed by atoms with Crippen molar-refractivity contribution >= 4 is 17.8 Å². The number of methoxy groups -OCH3 is 1. The first-order chi connectivity index (χ1) is 9.61. The highest BCUT2D eigenvalue weighted by Gasteiger charge is 2.15. The fourth-order valence-corrected chi connectivity index (χ4v) is 1.67. The molecule has 0 unspecified atom stereocenters. The van der Waals surface area contributed by atoms with Crippen LogP contribution in [-0.4, -0.2) is 24.0 Å². The maximum Gasteiger partial charge on any atom is 0.336 e. The van der Waals surface area contributed by atoms with Gasteiger partial charge in [-0.1, -0.05) is 0 Å². The van der Waals surface area contributed by atoms with Gasteiger partial charge < -0.3 is 14.3 Å². The zero-order valence-corrected chi connectivity index (χ0v) is 10.7. The Morgan fingerprint density at radius 2 is 2.05 bits per heavy atom. The van der Waals surface area contributed by atoms with E-state index in [-0.39, 0.29) is 11.1 Å². The molecule has 0 saturated heterocycles. The van der Waals surface area contributed by atoms with Gasteiger partial charge in [0.15, 0.2) is 5.78 Å². The number of ether oxygens (including phenoxy) is 1. The number of carboxylic acids is 1. The van der Waals surface area contributed by atoms with Crippen molar-refractivity contribution in [2.45, 2.75) is 0 Å². The van der Waals surface area contributed by atoms with Crippen LogP contribution in [0.5, 0.6) is 5.75 Å². The van der Waals surface area contributed by atoms with Crippen LogP contribution in [-0.2, 0) is 0 Å². The van der Waals surface area contributed by atoms with E-state index in [1.165, 1.54) is 43.7 Å². The monoisotopic (exact) mass is 272 g/mol. The molecule has 0 spiro atoms. The molecule has 0 bridgehead atoms. The number of furan rings is 1. The van der Waals surface area contributed by atoms with E-state index in [0.717, 1.165) is 0 Å². The predicted molar refractivity (Wildman–Crippen MR) is 72.0 cm³/mol. The number of ketones is 1. The summed E-state index contributed by atoms with van der Waals surface area (Å²) in [5.41, 5.74) is -0.000416. The Bertz CT molecular complexity index is 653. The minimum absolute atomic E-state index is 0.0691. The minimum atomic E-state index is -1.16. The lowest BCUT2D eigenvalue weighted by Crippen LogP contribution is -2.07. The van der Waals surface area contributed by atoms with Crippen LogP contribution in [0.3, 0.4) is 0 Å². The second-order valence-corrected chi connectivity index (χ2v) is 3.93. The van der Waals surface area contributed by atoms with Gasteiger partial charge in [-0.25, -0.2) is 4.79 Å². The molecule has 5 nitrogen and oxygen atoms in total. The van der Waals surface area contributed by atoms with Crippen LogP contribution in [0.2, 0.25) is 0 Å². The predicted octanol–water partition coefficient (Wildman–Crippen LogP) is 2.88. The van der Waals surface area contributed by atoms with Crippen molar-refractivity contribution in [2.24, 2.45) is 0 Å². The highest BCUT2D eigenvalue weighted by molar-refractivity contribution is 6.12. The van der Waals surface area contributed by atoms with Crippen LogP contribution < -0.4 is 4.74 Å². The van der Waals surface area contributed by atoms with Gasteiger partial charge in [-0.3, -0.25) is 4.79 Å². The molecule has 0 radical (unpaired) electrons. The van der Waals surface area contributed by atoms with Gasteiger partial charge >= 0.3 is 5.97 Å². The topological polar surface area (TPSA) is 76.7 Å². The summed E-state index contributed by atoms with van der Waals surface area (Å²) in [5.74, 6) is -0.664. The molecular weight excluding hydrogens is 260 g/mol. The molecule has 20 heavy (non-hydrogen) atoms. The average molecular weight is 272 g/mol. The standard InChI is InChI=1S/C15H12O5/c1-19-11-4-6-12(15(17)18)13(9-11)14(16)7-5-10-3-2-8-20-10/h2-9H,1H3,(H,17,18)/b7-5+. The van der Waals surface area contributed by atoms with E-state index in [9.17, 15) is 9.59 Å². The minimum Gasteiger partial charge on any atom is -0.497 e. The number of carbonyl (C=O) groups excluding carboxylic acids is 1. The maximum atomic E-state index is 12.1. The molecule has 1 aromatic heterocycles. The highest BCUT2D eigenvalue weighted by atomic mass is 16.5. The van der Waals surface area contributed by atoms with Crippen molar-refractivity contribution in [2.75, 3.05) is 7.11 Å². The van der Waals surface area contributed by atoms with Crippen LogP contribution in [0.25, 0.3) is 6.08 Å². The van der Waals surface area contributed by atoms with E-state index in [0.29, 0.717) is 11.5 Å². The lowest BCUT2D eigenvalue weighted by atomic mass is 10.0. The summed E-state index contributed by atoms with van der Waals surface area (Å²) < 4.78 is 10.1. The van der Waals surface area contributed by atoms with Crippen molar-refractivity contribution in [3.05, 3.63) is 59.6 Å². The van der Waals surface area contributed by atoms with Gasteiger partial charge in [0, 0.05) is 5.56 Å². The number of hydrogen-bond donors (Lipinski definition) is 1. The van der Waals surface area contributed by atoms with E-state index in [1.54, 1.807) is 12.1 Å². The van der Waals surface area contributed by atoms with Gasteiger partial charge in [0.1, 0.15) is 11.5 Å². The SMILES string of the molecule is COc1ccc(C(=O)O)c(C(=O)/C=C/c2ccco2)c1. The number of aromatic carboxylic acids is 1. The number of allylic oxidation sites excluding steroid dienone is 1. The molecule has 0 atom stereocenters. The van der Waals surface area contributed by atoms with Gasteiger partial charge in [-0.15, -0.1) is 0 Å². The first-order valence-electron chi connectivity index (χ1n) is 5.79. The summed E-state index contributed by atoms with van der Waals surface area (Å²) in [4.78, 5) is 23.2. The van der Waals surface area contributed by atoms with Gasteiger partial charge in [0.05, 0.1) is 18.9 Å². The second kappa shape index (κ2) is 5.88. The van der Waals surface area contributed by atoms with E-state index in [2.05, 4.69) is 0 Å². The Kier molecular flexibility index (Phi) is 4.00. The smallest absolute Gasteiger partial charge is 0.336 e. The third kappa shape index (κ3) is 2.95. The Hall–Kier alpha value is -2.82. The number of benzene rings is 1. The third-order valence-electron chi connectivity index (χ3n) is 2.66. The van der Waals surface area contributed by atoms with Crippen molar-refractivity contribution in [1.82, 2.24) is 0 Å². The molecule has 1 heterocycles. The normalized spacial score (nSPS) is 10.7. The summed E-state index contributed by atoms with van der Waals surface area (Å²) >= 11 is 0. The molecular formula is C15H12O5. The largest absolute Gasteiger partial charge is 0.497 e. The van der Waals surface area contributed by atoms with Crippen LogP contribution in [0.15, 0.2) is 47.1 Å². The summed E-state index contributed by atoms with van der Waals surface area (Å²) in [6.07, 6.45) is 4.23. The number of carboxylic acid groups (broad SMARTS) is 1. The Morgan fingerprint density at radius 1 is 1.25 bits per heavy atom. The molecule has 0 aliphatic carbocycles. The first-order valence-corrected chi connectivity index (χ1v) is 5.79.